The number of allylic oxidation sites excluding steroid dienone is 2. The summed E-state index contributed by atoms with van der Waals surface area (Å²) >= 11 is 0. The molecule has 11 rings (SSSR count). The van der Waals surface area contributed by atoms with E-state index in [2.05, 4.69) is 40.7 Å². The van der Waals surface area contributed by atoms with Crippen molar-refractivity contribution in [2.24, 2.45) is 50.2 Å². The second-order valence-corrected chi connectivity index (χ2v) is 31.3. The quantitative estimate of drug-likeness (QED) is 0.0392. The van der Waals surface area contributed by atoms with E-state index in [1.165, 1.54) is 13.8 Å². The summed E-state index contributed by atoms with van der Waals surface area (Å²) in [6.45, 7) is 13.1. The number of esters is 1. The van der Waals surface area contributed by atoms with Gasteiger partial charge in [0.1, 0.15) is 128 Å². The van der Waals surface area contributed by atoms with Gasteiger partial charge in [-0.05, 0) is 117 Å². The molecule has 6 saturated heterocycles. The predicted molar refractivity (Wildman–Crippen MR) is 321 cm³/mol. The van der Waals surface area contributed by atoms with Crippen LogP contribution in [0.15, 0.2) is 11.6 Å². The molecule has 18 N–H and O–H groups in total. The standard InChI is InChI=1S/C65H106O31/c1-25-36(69)41(74)47(80)54(87-25)94-51-32(23-85-53-46(79)43(76)38(71)29(20-66)89-53)92-57(50(83)45(51)78)96-59(84)65-17-15-60(3,4)19-28(65)27-9-10-34-61(5)13-12-35(62(6,24-68)33(61)11-14-64(34,8)63(27,7)16-18-65)93-58-52(95-55-48(81)42(75)37(70)26(2)88-55)40(73)31(22-86-58)91-56-49(82)44(77)39(72)30(21-67)90-56/h9,25-26,28-58,66-83H,10-24H2,1-8H3/t25-,26-,28-,29+,30+,31-,32+,33+,34+,35-,36-,37-,38+,39+,40-,41+,42+,43-,44-,45+,46+,47+,48+,49+,50+,51+,52+,53+,54-,55-,56-,57-,58-,61-,62-,63+,64+,65-/m0/s1. The molecule has 10 fully saturated rings. The van der Waals surface area contributed by atoms with Gasteiger partial charge >= 0.3 is 5.97 Å². The van der Waals surface area contributed by atoms with Gasteiger partial charge in [0, 0.05) is 5.41 Å². The van der Waals surface area contributed by atoms with Gasteiger partial charge in [-0.3, -0.25) is 4.79 Å². The van der Waals surface area contributed by atoms with Crippen LogP contribution in [0.1, 0.15) is 120 Å². The topological polar surface area (TPSA) is 492 Å². The Hall–Kier alpha value is -1.95. The molecular formula is C65H106O31. The van der Waals surface area contributed by atoms with Gasteiger partial charge in [0.15, 0.2) is 31.5 Å². The number of aliphatic hydroxyl groups is 18. The van der Waals surface area contributed by atoms with Crippen LogP contribution in [0.3, 0.4) is 0 Å². The van der Waals surface area contributed by atoms with E-state index in [9.17, 15) is 91.9 Å². The molecule has 0 bridgehead atoms. The van der Waals surface area contributed by atoms with Gasteiger partial charge in [-0.15, -0.1) is 0 Å². The molecular weight excluding hydrogens is 1280 g/mol. The first-order chi connectivity index (χ1) is 45.1. The van der Waals surface area contributed by atoms with Crippen LogP contribution in [0.2, 0.25) is 0 Å². The Bertz CT molecular complexity index is 2690. The third-order valence-corrected chi connectivity index (χ3v) is 25.3. The molecule has 6 aliphatic heterocycles. The molecule has 96 heavy (non-hydrogen) atoms. The zero-order valence-corrected chi connectivity index (χ0v) is 55.6. The first-order valence-corrected chi connectivity index (χ1v) is 34.1. The molecule has 0 spiro atoms. The van der Waals surface area contributed by atoms with Gasteiger partial charge in [-0.2, -0.15) is 0 Å². The van der Waals surface area contributed by atoms with E-state index >= 15 is 4.79 Å². The Morgan fingerprint density at radius 2 is 1.02 bits per heavy atom. The molecule has 0 aromatic carbocycles. The Kier molecular flexibility index (Phi) is 22.1. The van der Waals surface area contributed by atoms with Crippen LogP contribution in [0, 0.1) is 50.2 Å². The van der Waals surface area contributed by atoms with Crippen molar-refractivity contribution in [1.82, 2.24) is 0 Å². The molecule has 0 radical (unpaired) electrons. The first-order valence-electron chi connectivity index (χ1n) is 34.1. The number of ether oxygens (including phenoxy) is 12. The van der Waals surface area contributed by atoms with E-state index in [0.717, 1.165) is 5.57 Å². The van der Waals surface area contributed by atoms with Crippen LogP contribution in [0.4, 0.5) is 0 Å². The maximum Gasteiger partial charge on any atom is 0.315 e. The van der Waals surface area contributed by atoms with E-state index in [1.54, 1.807) is 0 Å². The van der Waals surface area contributed by atoms with Gasteiger partial charge in [0.25, 0.3) is 0 Å². The lowest BCUT2D eigenvalue weighted by molar-refractivity contribution is -0.381. The predicted octanol–water partition coefficient (Wildman–Crippen LogP) is -4.72. The molecule has 552 valence electrons. The van der Waals surface area contributed by atoms with Crippen LogP contribution in [0.5, 0.6) is 0 Å². The molecule has 11 aliphatic rings. The lowest BCUT2D eigenvalue weighted by atomic mass is 9.33. The highest BCUT2D eigenvalue weighted by Crippen LogP contribution is 2.76. The second-order valence-electron chi connectivity index (χ2n) is 31.3. The molecule has 6 heterocycles. The van der Waals surface area contributed by atoms with Crippen molar-refractivity contribution in [2.75, 3.05) is 33.0 Å². The fourth-order valence-electron chi connectivity index (χ4n) is 19.0. The van der Waals surface area contributed by atoms with E-state index in [1.807, 2.05) is 6.92 Å². The van der Waals surface area contributed by atoms with Gasteiger partial charge in [0.05, 0.1) is 56.8 Å². The third-order valence-electron chi connectivity index (χ3n) is 25.3. The van der Waals surface area contributed by atoms with Crippen molar-refractivity contribution in [3.05, 3.63) is 11.6 Å². The van der Waals surface area contributed by atoms with Gasteiger partial charge < -0.3 is 149 Å². The number of carbonyl (C=O) groups is 1. The summed E-state index contributed by atoms with van der Waals surface area (Å²) in [6, 6.07) is 0. The van der Waals surface area contributed by atoms with E-state index < -0.39 is 238 Å². The SMILES string of the molecule is C[C@@H]1O[C@@H](O[C@H]2[C@H](O[C@H]3CC[C@@]4(C)[C@@H](CC[C@]5(C)[C@@H]4CC=C4[C@@H]6CC(C)(C)CC[C@]6(C(=O)O[C@@H]6O[C@H](CO[C@@H]7O[C@H](CO)[C@@H](O)[C@H](O)[C@H]7O)[C@@H](O[C@@H]7O[C@@H](C)[C@H](O)[C@@H](O)[C@H]7O)[C@H](O)[C@H]6O)CC[C@]45C)[C@]3(C)CO)OC[C@H](O[C@@H]3O[C@H](CO)[C@@H](O)[C@H](O)[C@H]3O)[C@@H]2O)[C@H](O)[C@H](O)[C@H]1O. The number of rotatable bonds is 16. The van der Waals surface area contributed by atoms with E-state index in [0.29, 0.717) is 64.2 Å². The highest BCUT2D eigenvalue weighted by molar-refractivity contribution is 5.79. The Morgan fingerprint density at radius 3 is 1.60 bits per heavy atom. The number of hydrogen-bond donors (Lipinski definition) is 18. The molecule has 0 aromatic rings. The number of aliphatic hydroxyl groups excluding tert-OH is 18. The summed E-state index contributed by atoms with van der Waals surface area (Å²) in [5, 5.41) is 196. The summed E-state index contributed by atoms with van der Waals surface area (Å²) in [5.41, 5.74) is -2.57. The summed E-state index contributed by atoms with van der Waals surface area (Å²) in [6.07, 6.45) is -40.9. The smallest absolute Gasteiger partial charge is 0.315 e. The van der Waals surface area contributed by atoms with Crippen molar-refractivity contribution in [1.29, 1.82) is 0 Å². The van der Waals surface area contributed by atoms with Crippen molar-refractivity contribution in [3.63, 3.8) is 0 Å². The molecule has 4 saturated carbocycles. The zero-order chi connectivity index (χ0) is 70.0. The second kappa shape index (κ2) is 28.3. The third kappa shape index (κ3) is 12.8. The highest BCUT2D eigenvalue weighted by atomic mass is 16.8. The van der Waals surface area contributed by atoms with Crippen molar-refractivity contribution in [3.8, 4) is 0 Å². The van der Waals surface area contributed by atoms with Crippen LogP contribution in [-0.2, 0) is 61.6 Å². The van der Waals surface area contributed by atoms with Crippen LogP contribution >= 0.6 is 0 Å². The molecule has 31 heteroatoms. The number of fused-ring (bicyclic) bond motifs is 7. The minimum absolute atomic E-state index is 0.0273. The van der Waals surface area contributed by atoms with Gasteiger partial charge in [0.2, 0.25) is 6.29 Å². The Labute approximate surface area is 556 Å². The Morgan fingerprint density at radius 1 is 0.500 bits per heavy atom. The minimum atomic E-state index is -2.01. The van der Waals surface area contributed by atoms with Crippen LogP contribution in [-0.4, -0.2) is 315 Å². The molecule has 0 amide bonds. The molecule has 38 atom stereocenters. The molecule has 0 aromatic heterocycles. The van der Waals surface area contributed by atoms with Crippen LogP contribution < -0.4 is 0 Å². The molecule has 31 nitrogen and oxygen atoms in total. The summed E-state index contributed by atoms with van der Waals surface area (Å²) in [7, 11) is 0. The zero-order valence-electron chi connectivity index (χ0n) is 55.6. The minimum Gasteiger partial charge on any atom is -0.432 e. The van der Waals surface area contributed by atoms with Gasteiger partial charge in [-0.1, -0.05) is 53.2 Å². The summed E-state index contributed by atoms with van der Waals surface area (Å²) < 4.78 is 72.6. The average Bonchev–Trinajstić information content (AvgIpc) is 0.675. The maximum atomic E-state index is 15.6. The summed E-state index contributed by atoms with van der Waals surface area (Å²) in [4.78, 5) is 15.6. The van der Waals surface area contributed by atoms with E-state index in [4.69, 9.17) is 56.8 Å². The summed E-state index contributed by atoms with van der Waals surface area (Å²) in [5.74, 6) is -1.20. The van der Waals surface area contributed by atoms with Crippen molar-refractivity contribution < 1.29 is 154 Å². The fourth-order valence-corrected chi connectivity index (χ4v) is 19.0. The van der Waals surface area contributed by atoms with Crippen LogP contribution in [0.25, 0.3) is 0 Å². The number of hydrogen-bond acceptors (Lipinski definition) is 31. The average molecular weight is 1380 g/mol. The van der Waals surface area contributed by atoms with Gasteiger partial charge in [-0.25, -0.2) is 0 Å². The fraction of sp³-hybridized carbons (Fsp3) is 0.954. The maximum absolute atomic E-state index is 15.6. The molecule has 0 unspecified atom stereocenters. The monoisotopic (exact) mass is 1380 g/mol. The van der Waals surface area contributed by atoms with Crippen molar-refractivity contribution in [2.45, 2.75) is 304 Å². The lowest BCUT2D eigenvalue weighted by Gasteiger charge is -2.71. The molecule has 5 aliphatic carbocycles. The number of carbonyl (C=O) groups excluding carboxylic acids is 1. The largest absolute Gasteiger partial charge is 0.432 e. The normalized spacial score (nSPS) is 55.1. The van der Waals surface area contributed by atoms with E-state index in [-0.39, 0.29) is 35.2 Å². The first kappa shape index (κ1) is 75.2. The van der Waals surface area contributed by atoms with Crippen molar-refractivity contribution >= 4 is 5.97 Å². The Balaban J connectivity index is 0.830. The lowest BCUT2D eigenvalue weighted by Crippen LogP contribution is -2.67. The highest BCUT2D eigenvalue weighted by Gasteiger charge is 2.71.